The number of rotatable bonds is 18. The predicted octanol–water partition coefficient (Wildman–Crippen LogP) is 5.81. The molecule has 0 aliphatic rings. The standard InChI is InChI=1S/C35H37NO8/c1-41-22-23-43-31-14-8-27(9-15-31)25-44-33-5-3-2-4-28(33)18-19-36(24-26-6-10-29(11-7-26)34(37)38)20-21-42-32-16-12-30(13-17-32)35(39)40/h2-17H,18-25H2,1H3,(H,37,38)(H,39,40). The highest BCUT2D eigenvalue weighted by Gasteiger charge is 2.12. The third-order valence-electron chi connectivity index (χ3n) is 6.93. The van der Waals surface area contributed by atoms with Gasteiger partial charge in [-0.3, -0.25) is 4.90 Å². The lowest BCUT2D eigenvalue weighted by Crippen LogP contribution is -2.30. The van der Waals surface area contributed by atoms with Crippen LogP contribution in [-0.2, 0) is 24.3 Å². The molecule has 9 nitrogen and oxygen atoms in total. The smallest absolute Gasteiger partial charge is 0.335 e. The van der Waals surface area contributed by atoms with Crippen molar-refractivity contribution in [3.63, 3.8) is 0 Å². The van der Waals surface area contributed by atoms with Crippen molar-refractivity contribution in [3.05, 3.63) is 125 Å². The zero-order chi connectivity index (χ0) is 31.1. The zero-order valence-electron chi connectivity index (χ0n) is 24.7. The van der Waals surface area contributed by atoms with Gasteiger partial charge in [-0.15, -0.1) is 0 Å². The Hall–Kier alpha value is -4.86. The molecule has 230 valence electrons. The summed E-state index contributed by atoms with van der Waals surface area (Å²) < 4.78 is 22.8. The molecule has 0 heterocycles. The first-order valence-corrected chi connectivity index (χ1v) is 14.3. The second-order valence-electron chi connectivity index (χ2n) is 10.1. The van der Waals surface area contributed by atoms with Crippen LogP contribution in [0.3, 0.4) is 0 Å². The molecule has 0 saturated carbocycles. The van der Waals surface area contributed by atoms with Crippen LogP contribution in [0.4, 0.5) is 0 Å². The molecule has 0 unspecified atom stereocenters. The molecule has 9 heteroatoms. The summed E-state index contributed by atoms with van der Waals surface area (Å²) in [5, 5.41) is 18.4. The van der Waals surface area contributed by atoms with Crippen molar-refractivity contribution in [2.24, 2.45) is 0 Å². The van der Waals surface area contributed by atoms with Crippen LogP contribution >= 0.6 is 0 Å². The Labute approximate surface area is 257 Å². The minimum Gasteiger partial charge on any atom is -0.492 e. The molecule has 0 aromatic heterocycles. The van der Waals surface area contributed by atoms with Gasteiger partial charge in [-0.2, -0.15) is 0 Å². The minimum absolute atomic E-state index is 0.202. The van der Waals surface area contributed by atoms with Gasteiger partial charge in [0.05, 0.1) is 17.7 Å². The van der Waals surface area contributed by atoms with Crippen LogP contribution in [0.5, 0.6) is 17.2 Å². The lowest BCUT2D eigenvalue weighted by atomic mass is 10.1. The topological polar surface area (TPSA) is 115 Å². The van der Waals surface area contributed by atoms with Gasteiger partial charge in [0.15, 0.2) is 0 Å². The quantitative estimate of drug-likeness (QED) is 0.137. The summed E-state index contributed by atoms with van der Waals surface area (Å²) >= 11 is 0. The van der Waals surface area contributed by atoms with E-state index in [1.165, 1.54) is 12.1 Å². The summed E-state index contributed by atoms with van der Waals surface area (Å²) in [6, 6.07) is 29.0. The predicted molar refractivity (Wildman–Crippen MR) is 166 cm³/mol. The number of carboxylic acids is 2. The van der Waals surface area contributed by atoms with Gasteiger partial charge in [0.1, 0.15) is 37.1 Å². The molecule has 0 spiro atoms. The SMILES string of the molecule is COCCOc1ccc(COc2ccccc2CCN(CCOc2ccc(C(=O)O)cc2)Cc2ccc(C(=O)O)cc2)cc1. The van der Waals surface area contributed by atoms with Crippen LogP contribution in [0.1, 0.15) is 37.4 Å². The number of hydrogen-bond donors (Lipinski definition) is 2. The maximum absolute atomic E-state index is 11.3. The first-order chi connectivity index (χ1) is 21.4. The third kappa shape index (κ3) is 10.1. The second-order valence-corrected chi connectivity index (χ2v) is 10.1. The fourth-order valence-corrected chi connectivity index (χ4v) is 4.48. The van der Waals surface area contributed by atoms with Crippen molar-refractivity contribution in [3.8, 4) is 17.2 Å². The number of para-hydroxylation sites is 1. The Kier molecular flexibility index (Phi) is 12.2. The Balaban J connectivity index is 1.37. The minimum atomic E-state index is -0.984. The molecular weight excluding hydrogens is 562 g/mol. The molecule has 0 saturated heterocycles. The number of benzene rings is 4. The highest BCUT2D eigenvalue weighted by atomic mass is 16.5. The van der Waals surface area contributed by atoms with E-state index in [9.17, 15) is 14.7 Å². The van der Waals surface area contributed by atoms with Gasteiger partial charge in [0.2, 0.25) is 0 Å². The summed E-state index contributed by atoms with van der Waals surface area (Å²) in [5.41, 5.74) is 3.53. The van der Waals surface area contributed by atoms with E-state index in [4.69, 9.17) is 24.1 Å². The van der Waals surface area contributed by atoms with Gasteiger partial charge < -0.3 is 29.2 Å². The van der Waals surface area contributed by atoms with Gasteiger partial charge >= 0.3 is 11.9 Å². The molecule has 0 amide bonds. The lowest BCUT2D eigenvalue weighted by Gasteiger charge is -2.23. The van der Waals surface area contributed by atoms with E-state index in [1.54, 1.807) is 31.4 Å². The van der Waals surface area contributed by atoms with E-state index in [2.05, 4.69) is 11.0 Å². The lowest BCUT2D eigenvalue weighted by molar-refractivity contribution is 0.0686. The molecule has 0 atom stereocenters. The van der Waals surface area contributed by atoms with Crippen LogP contribution in [0.25, 0.3) is 0 Å². The van der Waals surface area contributed by atoms with Crippen molar-refractivity contribution in [1.29, 1.82) is 0 Å². The summed E-state index contributed by atoms with van der Waals surface area (Å²) in [4.78, 5) is 24.7. The Morgan fingerprint density at radius 3 is 1.84 bits per heavy atom. The molecule has 0 fully saturated rings. The Morgan fingerprint density at radius 1 is 0.636 bits per heavy atom. The van der Waals surface area contributed by atoms with Crippen LogP contribution in [0, 0.1) is 0 Å². The maximum Gasteiger partial charge on any atom is 0.335 e. The van der Waals surface area contributed by atoms with E-state index < -0.39 is 11.9 Å². The highest BCUT2D eigenvalue weighted by molar-refractivity contribution is 5.88. The number of aromatic carboxylic acids is 2. The average molecular weight is 600 g/mol. The highest BCUT2D eigenvalue weighted by Crippen LogP contribution is 2.22. The number of carbonyl (C=O) groups is 2. The fourth-order valence-electron chi connectivity index (χ4n) is 4.48. The average Bonchev–Trinajstić information content (AvgIpc) is 3.04. The normalized spacial score (nSPS) is 10.9. The first-order valence-electron chi connectivity index (χ1n) is 14.3. The maximum atomic E-state index is 11.3. The molecule has 2 N–H and O–H groups in total. The summed E-state index contributed by atoms with van der Waals surface area (Å²) in [6.45, 7) is 3.75. The molecule has 0 radical (unpaired) electrons. The number of carboxylic acid groups (broad SMARTS) is 2. The van der Waals surface area contributed by atoms with Gasteiger partial charge in [0.25, 0.3) is 0 Å². The second kappa shape index (κ2) is 16.7. The summed E-state index contributed by atoms with van der Waals surface area (Å²) in [5.74, 6) is 0.244. The fraction of sp³-hybridized carbons (Fsp3) is 0.257. The van der Waals surface area contributed by atoms with E-state index in [0.29, 0.717) is 51.8 Å². The van der Waals surface area contributed by atoms with Crippen LogP contribution < -0.4 is 14.2 Å². The van der Waals surface area contributed by atoms with Crippen LogP contribution in [0.2, 0.25) is 0 Å². The first kappa shape index (κ1) is 32.1. The molecule has 4 rings (SSSR count). The van der Waals surface area contributed by atoms with Gasteiger partial charge in [-0.25, -0.2) is 9.59 Å². The van der Waals surface area contributed by atoms with E-state index in [-0.39, 0.29) is 11.1 Å². The van der Waals surface area contributed by atoms with Crippen LogP contribution in [-0.4, -0.2) is 67.1 Å². The van der Waals surface area contributed by atoms with Gasteiger partial charge in [-0.05, 0) is 77.7 Å². The van der Waals surface area contributed by atoms with Crippen LogP contribution in [0.15, 0.2) is 97.1 Å². The largest absolute Gasteiger partial charge is 0.492 e. The van der Waals surface area contributed by atoms with Crippen molar-refractivity contribution in [2.75, 3.05) is 40.0 Å². The number of methoxy groups -OCH3 is 1. The van der Waals surface area contributed by atoms with Gasteiger partial charge in [-0.1, -0.05) is 42.5 Å². The van der Waals surface area contributed by atoms with Crippen molar-refractivity contribution >= 4 is 11.9 Å². The molecule has 0 aliphatic heterocycles. The van der Waals surface area contributed by atoms with Crippen molar-refractivity contribution in [1.82, 2.24) is 4.90 Å². The van der Waals surface area contributed by atoms with Crippen molar-refractivity contribution in [2.45, 2.75) is 19.6 Å². The van der Waals surface area contributed by atoms with E-state index in [0.717, 1.165) is 34.6 Å². The monoisotopic (exact) mass is 599 g/mol. The third-order valence-corrected chi connectivity index (χ3v) is 6.93. The number of nitrogens with zero attached hydrogens (tertiary/aromatic N) is 1. The van der Waals surface area contributed by atoms with Crippen molar-refractivity contribution < 1.29 is 38.7 Å². The summed E-state index contributed by atoms with van der Waals surface area (Å²) in [6.07, 6.45) is 0.725. The molecule has 0 aliphatic carbocycles. The summed E-state index contributed by atoms with van der Waals surface area (Å²) in [7, 11) is 1.64. The van der Waals surface area contributed by atoms with Gasteiger partial charge in [0, 0.05) is 26.7 Å². The van der Waals surface area contributed by atoms with E-state index in [1.807, 2.05) is 54.6 Å². The van der Waals surface area contributed by atoms with E-state index >= 15 is 0 Å². The Morgan fingerprint density at radius 2 is 1.20 bits per heavy atom. The molecule has 44 heavy (non-hydrogen) atoms. The number of ether oxygens (including phenoxy) is 4. The number of hydrogen-bond acceptors (Lipinski definition) is 7. The Bertz CT molecular complexity index is 1470. The molecule has 4 aromatic rings. The molecule has 4 aromatic carbocycles. The zero-order valence-corrected chi connectivity index (χ0v) is 24.7. The molecular formula is C35H37NO8. The molecule has 0 bridgehead atoms.